The first kappa shape index (κ1) is 21.0. The van der Waals surface area contributed by atoms with Gasteiger partial charge in [-0.1, -0.05) is 35.3 Å². The molecule has 1 saturated heterocycles. The van der Waals surface area contributed by atoms with Crippen molar-refractivity contribution in [2.75, 3.05) is 18.1 Å². The third-order valence-corrected chi connectivity index (χ3v) is 6.96. The van der Waals surface area contributed by atoms with Crippen LogP contribution in [0.4, 0.5) is 0 Å². The summed E-state index contributed by atoms with van der Waals surface area (Å²) in [6.45, 7) is 1.98. The van der Waals surface area contributed by atoms with Crippen molar-refractivity contribution in [3.05, 3.63) is 63.6 Å². The van der Waals surface area contributed by atoms with Gasteiger partial charge in [0.2, 0.25) is 0 Å². The van der Waals surface area contributed by atoms with Crippen molar-refractivity contribution in [3.8, 4) is 5.75 Å². The summed E-state index contributed by atoms with van der Waals surface area (Å²) in [7, 11) is -3.12. The summed E-state index contributed by atoms with van der Waals surface area (Å²) in [6.07, 6.45) is 0.432. The van der Waals surface area contributed by atoms with Crippen LogP contribution in [0.25, 0.3) is 0 Å². The van der Waals surface area contributed by atoms with Gasteiger partial charge < -0.3 is 9.64 Å². The molecule has 0 bridgehead atoms. The number of hydrogen-bond acceptors (Lipinski definition) is 4. The molecule has 2 aromatic carbocycles. The number of aryl methyl sites for hydroxylation is 1. The fourth-order valence-corrected chi connectivity index (χ4v) is 5.31. The zero-order valence-corrected chi connectivity index (χ0v) is 17.7. The third kappa shape index (κ3) is 5.40. The molecule has 1 atom stereocenters. The minimum atomic E-state index is -3.12. The Hall–Kier alpha value is -1.76. The number of halogens is 2. The Morgan fingerprint density at radius 2 is 1.82 bits per heavy atom. The van der Waals surface area contributed by atoms with Crippen molar-refractivity contribution >= 4 is 38.9 Å². The van der Waals surface area contributed by atoms with Crippen LogP contribution in [0.5, 0.6) is 5.75 Å². The van der Waals surface area contributed by atoms with E-state index in [-0.39, 0.29) is 30.1 Å². The number of ether oxygens (including phenoxy) is 1. The fraction of sp³-hybridized carbons (Fsp3) is 0.350. The van der Waals surface area contributed by atoms with E-state index < -0.39 is 9.84 Å². The van der Waals surface area contributed by atoms with Crippen LogP contribution in [0.15, 0.2) is 42.5 Å². The maximum atomic E-state index is 12.9. The van der Waals surface area contributed by atoms with E-state index in [0.29, 0.717) is 28.8 Å². The molecule has 0 N–H and O–H groups in total. The van der Waals surface area contributed by atoms with Gasteiger partial charge >= 0.3 is 0 Å². The van der Waals surface area contributed by atoms with Gasteiger partial charge in [0.25, 0.3) is 5.91 Å². The molecule has 1 fully saturated rings. The van der Waals surface area contributed by atoms with Crippen molar-refractivity contribution < 1.29 is 17.9 Å². The highest BCUT2D eigenvalue weighted by molar-refractivity contribution is 7.91. The third-order valence-electron chi connectivity index (χ3n) is 4.72. The summed E-state index contributed by atoms with van der Waals surface area (Å²) in [5.41, 5.74) is 1.71. The summed E-state index contributed by atoms with van der Waals surface area (Å²) in [6, 6.07) is 12.0. The molecule has 2 aromatic rings. The van der Waals surface area contributed by atoms with Gasteiger partial charge in [0.1, 0.15) is 5.75 Å². The largest absolute Gasteiger partial charge is 0.483 e. The van der Waals surface area contributed by atoms with Crippen LogP contribution < -0.4 is 4.74 Å². The summed E-state index contributed by atoms with van der Waals surface area (Å²) < 4.78 is 29.5. The van der Waals surface area contributed by atoms with E-state index in [0.717, 1.165) is 11.1 Å². The molecule has 5 nitrogen and oxygen atoms in total. The van der Waals surface area contributed by atoms with Crippen LogP contribution in [0.1, 0.15) is 17.5 Å². The quantitative estimate of drug-likeness (QED) is 0.681. The van der Waals surface area contributed by atoms with E-state index in [4.69, 9.17) is 27.9 Å². The number of nitrogens with zero attached hydrogens (tertiary/aromatic N) is 1. The average molecular weight is 442 g/mol. The molecular formula is C20H21Cl2NO4S. The highest BCUT2D eigenvalue weighted by Crippen LogP contribution is 2.24. The maximum absolute atomic E-state index is 12.9. The molecule has 1 aliphatic heterocycles. The summed E-state index contributed by atoms with van der Waals surface area (Å²) in [5, 5.41) is 1.20. The Bertz CT molecular complexity index is 961. The molecule has 0 radical (unpaired) electrons. The van der Waals surface area contributed by atoms with Gasteiger partial charge in [0, 0.05) is 22.6 Å². The lowest BCUT2D eigenvalue weighted by molar-refractivity contribution is -0.136. The summed E-state index contributed by atoms with van der Waals surface area (Å²) in [4.78, 5) is 14.5. The minimum Gasteiger partial charge on any atom is -0.483 e. The van der Waals surface area contributed by atoms with Gasteiger partial charge in [-0.05, 0) is 54.8 Å². The summed E-state index contributed by atoms with van der Waals surface area (Å²) >= 11 is 11.9. The molecule has 0 spiro atoms. The van der Waals surface area contributed by atoms with Gasteiger partial charge in [0.05, 0.1) is 11.5 Å². The van der Waals surface area contributed by atoms with Gasteiger partial charge in [-0.25, -0.2) is 8.42 Å². The van der Waals surface area contributed by atoms with Crippen LogP contribution >= 0.6 is 23.2 Å². The van der Waals surface area contributed by atoms with Crippen molar-refractivity contribution in [1.82, 2.24) is 4.90 Å². The first-order valence-electron chi connectivity index (χ1n) is 8.87. The zero-order valence-electron chi connectivity index (χ0n) is 15.4. The highest BCUT2D eigenvalue weighted by atomic mass is 35.5. The van der Waals surface area contributed by atoms with Crippen molar-refractivity contribution in [1.29, 1.82) is 0 Å². The molecule has 8 heteroatoms. The van der Waals surface area contributed by atoms with Gasteiger partial charge in [0.15, 0.2) is 16.4 Å². The van der Waals surface area contributed by atoms with Crippen LogP contribution in [0, 0.1) is 6.92 Å². The molecule has 0 aromatic heterocycles. The average Bonchev–Trinajstić information content (AvgIpc) is 2.99. The zero-order chi connectivity index (χ0) is 20.3. The van der Waals surface area contributed by atoms with E-state index in [1.54, 1.807) is 35.2 Å². The molecule has 1 unspecified atom stereocenters. The second-order valence-electron chi connectivity index (χ2n) is 6.90. The van der Waals surface area contributed by atoms with Gasteiger partial charge in [-0.3, -0.25) is 4.79 Å². The minimum absolute atomic E-state index is 0.0215. The van der Waals surface area contributed by atoms with Crippen molar-refractivity contribution in [2.24, 2.45) is 0 Å². The molecule has 1 aliphatic rings. The number of sulfone groups is 1. The molecule has 1 heterocycles. The molecular weight excluding hydrogens is 421 g/mol. The first-order valence-corrected chi connectivity index (χ1v) is 11.4. The standard InChI is InChI=1S/C20H21Cl2NO4S/c1-14-10-17(22)6-7-19(14)27-12-20(24)23(18-8-9-28(25,26)13-18)11-15-2-4-16(21)5-3-15/h2-7,10,18H,8-9,11-13H2,1H3. The number of carbonyl (C=O) groups is 1. The topological polar surface area (TPSA) is 63.7 Å². The van der Waals surface area contributed by atoms with E-state index in [1.165, 1.54) is 0 Å². The van der Waals surface area contributed by atoms with E-state index in [2.05, 4.69) is 0 Å². The van der Waals surface area contributed by atoms with Crippen LogP contribution in [0.2, 0.25) is 10.0 Å². The molecule has 28 heavy (non-hydrogen) atoms. The molecule has 0 aliphatic carbocycles. The van der Waals surface area contributed by atoms with Crippen LogP contribution in [-0.2, 0) is 21.2 Å². The number of carbonyl (C=O) groups excluding carboxylic acids is 1. The van der Waals surface area contributed by atoms with E-state index in [9.17, 15) is 13.2 Å². The smallest absolute Gasteiger partial charge is 0.261 e. The highest BCUT2D eigenvalue weighted by Gasteiger charge is 2.34. The maximum Gasteiger partial charge on any atom is 0.261 e. The predicted octanol–water partition coefficient (Wildman–Crippen LogP) is 3.90. The monoisotopic (exact) mass is 441 g/mol. The second kappa shape index (κ2) is 8.72. The summed E-state index contributed by atoms with van der Waals surface area (Å²) in [5.74, 6) is 0.389. The Morgan fingerprint density at radius 3 is 2.43 bits per heavy atom. The Morgan fingerprint density at radius 1 is 1.14 bits per heavy atom. The molecule has 0 saturated carbocycles. The van der Waals surface area contributed by atoms with Gasteiger partial charge in [-0.15, -0.1) is 0 Å². The Kier molecular flexibility index (Phi) is 6.53. The number of hydrogen-bond donors (Lipinski definition) is 0. The number of benzene rings is 2. The van der Waals surface area contributed by atoms with E-state index >= 15 is 0 Å². The molecule has 1 amide bonds. The van der Waals surface area contributed by atoms with Crippen LogP contribution in [-0.4, -0.2) is 43.4 Å². The second-order valence-corrected chi connectivity index (χ2v) is 10.0. The normalized spacial score (nSPS) is 18.0. The molecule has 150 valence electrons. The van der Waals surface area contributed by atoms with Gasteiger partial charge in [-0.2, -0.15) is 0 Å². The van der Waals surface area contributed by atoms with Crippen LogP contribution in [0.3, 0.4) is 0 Å². The first-order chi connectivity index (χ1) is 13.2. The Balaban J connectivity index is 1.75. The lowest BCUT2D eigenvalue weighted by atomic mass is 10.1. The number of amides is 1. The molecule has 3 rings (SSSR count). The Labute approximate surface area is 175 Å². The van der Waals surface area contributed by atoms with Crippen molar-refractivity contribution in [3.63, 3.8) is 0 Å². The van der Waals surface area contributed by atoms with E-state index in [1.807, 2.05) is 19.1 Å². The number of rotatable bonds is 6. The SMILES string of the molecule is Cc1cc(Cl)ccc1OCC(=O)N(Cc1ccc(Cl)cc1)C1CCS(=O)(=O)C1. The predicted molar refractivity (Wildman–Crippen MR) is 111 cm³/mol. The fourth-order valence-electron chi connectivity index (χ4n) is 3.23. The van der Waals surface area contributed by atoms with Crippen molar-refractivity contribution in [2.45, 2.75) is 25.9 Å². The lowest BCUT2D eigenvalue weighted by Crippen LogP contribution is -2.43. The lowest BCUT2D eigenvalue weighted by Gasteiger charge is -2.28.